The summed E-state index contributed by atoms with van der Waals surface area (Å²) >= 11 is 0. The van der Waals surface area contributed by atoms with Gasteiger partial charge in [0.25, 0.3) is 0 Å². The van der Waals surface area contributed by atoms with Crippen LogP contribution in [0.4, 0.5) is 19.0 Å². The van der Waals surface area contributed by atoms with E-state index < -0.39 is 6.36 Å². The smallest absolute Gasteiger partial charge is 0.406 e. The number of ether oxygens (including phenoxy) is 1. The van der Waals surface area contributed by atoms with Crippen molar-refractivity contribution in [1.29, 1.82) is 0 Å². The van der Waals surface area contributed by atoms with Crippen molar-refractivity contribution in [1.82, 2.24) is 24.7 Å². The number of halogens is 3. The second-order valence-corrected chi connectivity index (χ2v) is 9.63. The Balaban J connectivity index is 1.23. The van der Waals surface area contributed by atoms with Crippen molar-refractivity contribution in [2.75, 3.05) is 64.3 Å². The molecule has 1 saturated carbocycles. The van der Waals surface area contributed by atoms with E-state index >= 15 is 0 Å². The van der Waals surface area contributed by atoms with Gasteiger partial charge in [0, 0.05) is 57.4 Å². The standard InChI is InChI=1S/C26H35F3N6O2/c1-3-34(14-11-32(2)21-5-4-6-21)25(36)19-33-12-15-35(16-13-33)24-18-30-23(17-31-24)20-7-9-22(10-8-20)37-26(27,28)29/h7-10,17-18,21H,3-6,11-16,19H2,1-2H3. The zero-order valence-corrected chi connectivity index (χ0v) is 21.5. The van der Waals surface area contributed by atoms with E-state index in [4.69, 9.17) is 0 Å². The maximum absolute atomic E-state index is 12.9. The largest absolute Gasteiger partial charge is 0.573 e. The van der Waals surface area contributed by atoms with Gasteiger partial charge in [-0.15, -0.1) is 13.2 Å². The number of likely N-dealkylation sites (N-methyl/N-ethyl adjacent to an activating group) is 2. The van der Waals surface area contributed by atoms with Crippen molar-refractivity contribution in [3.63, 3.8) is 0 Å². The van der Waals surface area contributed by atoms with Gasteiger partial charge in [0.1, 0.15) is 11.6 Å². The molecule has 8 nitrogen and oxygen atoms in total. The number of rotatable bonds is 10. The number of aromatic nitrogens is 2. The Hall–Kier alpha value is -2.92. The van der Waals surface area contributed by atoms with Gasteiger partial charge in [0.2, 0.25) is 5.91 Å². The highest BCUT2D eigenvalue weighted by molar-refractivity contribution is 5.78. The Morgan fingerprint density at radius 3 is 2.30 bits per heavy atom. The molecule has 1 aliphatic heterocycles. The Labute approximate surface area is 216 Å². The van der Waals surface area contributed by atoms with Crippen LogP contribution in [0.1, 0.15) is 26.2 Å². The zero-order chi connectivity index (χ0) is 26.4. The number of nitrogens with zero attached hydrogens (tertiary/aromatic N) is 6. The number of carbonyl (C=O) groups excluding carboxylic acids is 1. The fourth-order valence-corrected chi connectivity index (χ4v) is 4.63. The Morgan fingerprint density at radius 1 is 1.05 bits per heavy atom. The highest BCUT2D eigenvalue weighted by Gasteiger charge is 2.31. The summed E-state index contributed by atoms with van der Waals surface area (Å²) in [5.41, 5.74) is 1.21. The first-order chi connectivity index (χ1) is 17.7. The minimum Gasteiger partial charge on any atom is -0.406 e. The lowest BCUT2D eigenvalue weighted by Gasteiger charge is -2.37. The number of carbonyl (C=O) groups is 1. The summed E-state index contributed by atoms with van der Waals surface area (Å²) in [5, 5.41) is 0. The van der Waals surface area contributed by atoms with Crippen molar-refractivity contribution < 1.29 is 22.7 Å². The summed E-state index contributed by atoms with van der Waals surface area (Å²) in [5.74, 6) is 0.634. The van der Waals surface area contributed by atoms with Crippen molar-refractivity contribution in [2.24, 2.45) is 0 Å². The molecule has 1 aromatic heterocycles. The van der Waals surface area contributed by atoms with Gasteiger partial charge in [0.15, 0.2) is 0 Å². The Kier molecular flexibility index (Phi) is 8.86. The molecule has 0 spiro atoms. The summed E-state index contributed by atoms with van der Waals surface area (Å²) in [4.78, 5) is 30.5. The first kappa shape index (κ1) is 27.1. The molecule has 2 fully saturated rings. The molecule has 37 heavy (non-hydrogen) atoms. The van der Waals surface area contributed by atoms with Gasteiger partial charge in [-0.3, -0.25) is 14.7 Å². The predicted molar refractivity (Wildman–Crippen MR) is 135 cm³/mol. The van der Waals surface area contributed by atoms with Gasteiger partial charge in [-0.2, -0.15) is 0 Å². The van der Waals surface area contributed by atoms with Crippen LogP contribution in [0.25, 0.3) is 11.3 Å². The third kappa shape index (κ3) is 7.54. The summed E-state index contributed by atoms with van der Waals surface area (Å²) in [6, 6.07) is 6.23. The number of amides is 1. The van der Waals surface area contributed by atoms with Gasteiger partial charge in [-0.1, -0.05) is 6.42 Å². The number of anilines is 1. The molecule has 2 aliphatic rings. The molecule has 2 aromatic rings. The van der Waals surface area contributed by atoms with Crippen molar-refractivity contribution in [3.8, 4) is 17.0 Å². The number of benzene rings is 1. The molecule has 0 N–H and O–H groups in total. The van der Waals surface area contributed by atoms with E-state index in [9.17, 15) is 18.0 Å². The maximum Gasteiger partial charge on any atom is 0.573 e. The summed E-state index contributed by atoms with van der Waals surface area (Å²) < 4.78 is 40.9. The van der Waals surface area contributed by atoms with E-state index in [2.05, 4.69) is 36.5 Å². The maximum atomic E-state index is 12.9. The molecule has 202 valence electrons. The third-order valence-electron chi connectivity index (χ3n) is 7.23. The second kappa shape index (κ2) is 12.1. The average molecular weight is 521 g/mol. The van der Waals surface area contributed by atoms with Crippen LogP contribution in [-0.4, -0.2) is 102 Å². The van der Waals surface area contributed by atoms with Crippen LogP contribution in [-0.2, 0) is 4.79 Å². The fraction of sp³-hybridized carbons (Fsp3) is 0.577. The third-order valence-corrected chi connectivity index (χ3v) is 7.23. The second-order valence-electron chi connectivity index (χ2n) is 9.63. The van der Waals surface area contributed by atoms with Gasteiger partial charge in [-0.25, -0.2) is 4.98 Å². The quantitative estimate of drug-likeness (QED) is 0.475. The molecule has 11 heteroatoms. The molecule has 1 saturated heterocycles. The van der Waals surface area contributed by atoms with Crippen LogP contribution in [0.2, 0.25) is 0 Å². The highest BCUT2D eigenvalue weighted by atomic mass is 19.4. The molecule has 4 rings (SSSR count). The van der Waals surface area contributed by atoms with Gasteiger partial charge < -0.3 is 19.4 Å². The van der Waals surface area contributed by atoms with E-state index in [1.807, 2.05) is 11.8 Å². The molecular weight excluding hydrogens is 485 g/mol. The van der Waals surface area contributed by atoms with E-state index in [0.717, 1.165) is 51.6 Å². The minimum absolute atomic E-state index is 0.175. The molecule has 1 amide bonds. The van der Waals surface area contributed by atoms with Crippen LogP contribution >= 0.6 is 0 Å². The molecule has 1 aromatic carbocycles. The van der Waals surface area contributed by atoms with E-state index in [1.165, 1.54) is 43.5 Å². The monoisotopic (exact) mass is 520 g/mol. The number of alkyl halides is 3. The van der Waals surface area contributed by atoms with Gasteiger partial charge in [0.05, 0.1) is 24.6 Å². The van der Waals surface area contributed by atoms with Gasteiger partial charge in [-0.05, 0) is 51.1 Å². The molecular formula is C26H35F3N6O2. The summed E-state index contributed by atoms with van der Waals surface area (Å²) in [7, 11) is 2.15. The van der Waals surface area contributed by atoms with Crippen LogP contribution in [0.5, 0.6) is 5.75 Å². The fourth-order valence-electron chi connectivity index (χ4n) is 4.63. The SMILES string of the molecule is CCN(CCN(C)C1CCC1)C(=O)CN1CCN(c2cnc(-c3ccc(OC(F)(F)F)cc3)cn2)CC1. The first-order valence-electron chi connectivity index (χ1n) is 12.9. The van der Waals surface area contributed by atoms with Gasteiger partial charge >= 0.3 is 6.36 Å². The molecule has 1 aliphatic carbocycles. The number of piperazine rings is 1. The predicted octanol–water partition coefficient (Wildman–Crippen LogP) is 3.50. The lowest BCUT2D eigenvalue weighted by molar-refractivity contribution is -0.274. The molecule has 0 radical (unpaired) electrons. The van der Waals surface area contributed by atoms with E-state index in [1.54, 1.807) is 12.4 Å². The van der Waals surface area contributed by atoms with Crippen LogP contribution in [0, 0.1) is 0 Å². The first-order valence-corrected chi connectivity index (χ1v) is 12.9. The summed E-state index contributed by atoms with van der Waals surface area (Å²) in [6.45, 7) is 7.85. The van der Waals surface area contributed by atoms with Crippen LogP contribution in [0.15, 0.2) is 36.7 Å². The highest BCUT2D eigenvalue weighted by Crippen LogP contribution is 2.26. The minimum atomic E-state index is -4.72. The van der Waals surface area contributed by atoms with Crippen molar-refractivity contribution in [3.05, 3.63) is 36.7 Å². The van der Waals surface area contributed by atoms with E-state index in [0.29, 0.717) is 23.8 Å². The Bertz CT molecular complexity index is 1010. The molecule has 0 bridgehead atoms. The van der Waals surface area contributed by atoms with Crippen molar-refractivity contribution >= 4 is 11.7 Å². The number of hydrogen-bond acceptors (Lipinski definition) is 7. The number of hydrogen-bond donors (Lipinski definition) is 0. The molecule has 0 atom stereocenters. The molecule has 0 unspecified atom stereocenters. The van der Waals surface area contributed by atoms with Crippen molar-refractivity contribution in [2.45, 2.75) is 38.6 Å². The van der Waals surface area contributed by atoms with E-state index in [-0.39, 0.29) is 11.7 Å². The Morgan fingerprint density at radius 2 is 1.76 bits per heavy atom. The topological polar surface area (TPSA) is 65.0 Å². The zero-order valence-electron chi connectivity index (χ0n) is 21.5. The lowest BCUT2D eigenvalue weighted by Crippen LogP contribution is -2.51. The summed E-state index contributed by atoms with van der Waals surface area (Å²) in [6.07, 6.45) is 2.41. The normalized spacial score (nSPS) is 17.1. The van der Waals surface area contributed by atoms with Crippen LogP contribution in [0.3, 0.4) is 0 Å². The lowest BCUT2D eigenvalue weighted by atomic mass is 9.92. The van der Waals surface area contributed by atoms with Crippen LogP contribution < -0.4 is 9.64 Å². The average Bonchev–Trinajstić information content (AvgIpc) is 2.83. The molecule has 2 heterocycles.